The van der Waals surface area contributed by atoms with Crippen LogP contribution in [0, 0.1) is 17.2 Å². The van der Waals surface area contributed by atoms with Crippen LogP contribution in [0.3, 0.4) is 0 Å². The quantitative estimate of drug-likeness (QED) is 0.813. The standard InChI is InChI=1S/C15H18N2O2S/c1-17(9-14(18)12-4-5-12)15(19)10-20-13-6-2-11(8-16)3-7-13/h2-3,6-7,12,14,18H,4-5,9-10H2,1H3. The summed E-state index contributed by atoms with van der Waals surface area (Å²) in [4.78, 5) is 14.5. The van der Waals surface area contributed by atoms with Gasteiger partial charge in [-0.2, -0.15) is 5.26 Å². The fraction of sp³-hybridized carbons (Fsp3) is 0.467. The summed E-state index contributed by atoms with van der Waals surface area (Å²) in [5.74, 6) is 0.746. The van der Waals surface area contributed by atoms with Crippen LogP contribution in [0.4, 0.5) is 0 Å². The number of thioether (sulfide) groups is 1. The predicted molar refractivity (Wildman–Crippen MR) is 78.2 cm³/mol. The first-order chi connectivity index (χ1) is 9.60. The van der Waals surface area contributed by atoms with Gasteiger partial charge in [-0.05, 0) is 43.0 Å². The molecular formula is C15H18N2O2S. The molecule has 20 heavy (non-hydrogen) atoms. The number of nitriles is 1. The number of benzene rings is 1. The van der Waals surface area contributed by atoms with E-state index in [0.717, 1.165) is 17.7 Å². The maximum Gasteiger partial charge on any atom is 0.232 e. The van der Waals surface area contributed by atoms with E-state index in [1.165, 1.54) is 11.8 Å². The van der Waals surface area contributed by atoms with Crippen LogP contribution in [0.1, 0.15) is 18.4 Å². The normalized spacial score (nSPS) is 15.4. The molecule has 1 amide bonds. The molecule has 1 aromatic rings. The van der Waals surface area contributed by atoms with Crippen molar-refractivity contribution in [2.75, 3.05) is 19.3 Å². The van der Waals surface area contributed by atoms with Crippen molar-refractivity contribution in [1.29, 1.82) is 5.26 Å². The highest BCUT2D eigenvalue weighted by atomic mass is 32.2. The molecule has 1 saturated carbocycles. The lowest BCUT2D eigenvalue weighted by Gasteiger charge is -2.20. The number of rotatable bonds is 6. The van der Waals surface area contributed by atoms with Crippen LogP contribution in [-0.2, 0) is 4.79 Å². The third kappa shape index (κ3) is 4.26. The summed E-state index contributed by atoms with van der Waals surface area (Å²) in [5, 5.41) is 18.5. The van der Waals surface area contributed by atoms with Crippen molar-refractivity contribution in [2.45, 2.75) is 23.8 Å². The highest BCUT2D eigenvalue weighted by Gasteiger charge is 2.31. The van der Waals surface area contributed by atoms with Gasteiger partial charge in [0.25, 0.3) is 0 Å². The average Bonchev–Trinajstić information content (AvgIpc) is 3.29. The topological polar surface area (TPSA) is 64.3 Å². The molecule has 1 N–H and O–H groups in total. The first kappa shape index (κ1) is 14.9. The van der Waals surface area contributed by atoms with Crippen molar-refractivity contribution < 1.29 is 9.90 Å². The van der Waals surface area contributed by atoms with Gasteiger partial charge in [0.2, 0.25) is 5.91 Å². The molecule has 2 rings (SSSR count). The van der Waals surface area contributed by atoms with Gasteiger partial charge in [0.15, 0.2) is 0 Å². The van der Waals surface area contributed by atoms with E-state index in [2.05, 4.69) is 6.07 Å². The lowest BCUT2D eigenvalue weighted by atomic mass is 10.2. The Morgan fingerprint density at radius 1 is 1.50 bits per heavy atom. The molecule has 0 saturated heterocycles. The molecule has 1 atom stereocenters. The van der Waals surface area contributed by atoms with Crippen LogP contribution in [0.25, 0.3) is 0 Å². The molecular weight excluding hydrogens is 272 g/mol. The highest BCUT2D eigenvalue weighted by Crippen LogP contribution is 2.32. The zero-order chi connectivity index (χ0) is 14.5. The van der Waals surface area contributed by atoms with Gasteiger partial charge in [-0.15, -0.1) is 11.8 Å². The Morgan fingerprint density at radius 2 is 2.15 bits per heavy atom. The molecule has 0 heterocycles. The minimum Gasteiger partial charge on any atom is -0.391 e. The smallest absolute Gasteiger partial charge is 0.232 e. The summed E-state index contributed by atoms with van der Waals surface area (Å²) in [6.07, 6.45) is 1.76. The van der Waals surface area contributed by atoms with Gasteiger partial charge >= 0.3 is 0 Å². The molecule has 0 bridgehead atoms. The molecule has 0 aliphatic heterocycles. The van der Waals surface area contributed by atoms with Crippen LogP contribution in [0.2, 0.25) is 0 Å². The molecule has 1 unspecified atom stereocenters. The second-order valence-electron chi connectivity index (χ2n) is 5.10. The van der Waals surface area contributed by atoms with Crippen LogP contribution in [-0.4, -0.2) is 41.4 Å². The zero-order valence-corrected chi connectivity index (χ0v) is 12.3. The van der Waals surface area contributed by atoms with Gasteiger partial charge in [0.1, 0.15) is 0 Å². The molecule has 106 valence electrons. The monoisotopic (exact) mass is 290 g/mol. The van der Waals surface area contributed by atoms with Crippen molar-refractivity contribution in [3.8, 4) is 6.07 Å². The summed E-state index contributed by atoms with van der Waals surface area (Å²) in [6, 6.07) is 9.24. The van der Waals surface area contributed by atoms with Gasteiger partial charge in [-0.3, -0.25) is 4.79 Å². The van der Waals surface area contributed by atoms with Gasteiger partial charge in [0.05, 0.1) is 23.5 Å². The summed E-state index contributed by atoms with van der Waals surface area (Å²) < 4.78 is 0. The summed E-state index contributed by atoms with van der Waals surface area (Å²) in [5.41, 5.74) is 0.616. The van der Waals surface area contributed by atoms with Crippen LogP contribution in [0.15, 0.2) is 29.2 Å². The van der Waals surface area contributed by atoms with Crippen molar-refractivity contribution in [2.24, 2.45) is 5.92 Å². The molecule has 0 spiro atoms. The number of aliphatic hydroxyl groups is 1. The Bertz CT molecular complexity index is 506. The zero-order valence-electron chi connectivity index (χ0n) is 11.5. The molecule has 1 aromatic carbocycles. The van der Waals surface area contributed by atoms with E-state index >= 15 is 0 Å². The fourth-order valence-electron chi connectivity index (χ4n) is 1.89. The maximum absolute atomic E-state index is 12.0. The van der Waals surface area contributed by atoms with E-state index in [4.69, 9.17) is 5.26 Å². The first-order valence-electron chi connectivity index (χ1n) is 6.65. The van der Waals surface area contributed by atoms with E-state index < -0.39 is 0 Å². The Hall–Kier alpha value is -1.51. The number of carbonyl (C=O) groups excluding carboxylic acids is 1. The van der Waals surface area contributed by atoms with Crippen LogP contribution >= 0.6 is 11.8 Å². The van der Waals surface area contributed by atoms with E-state index in [1.807, 2.05) is 12.1 Å². The number of aliphatic hydroxyl groups excluding tert-OH is 1. The average molecular weight is 290 g/mol. The number of likely N-dealkylation sites (N-methyl/N-ethyl adjacent to an activating group) is 1. The number of hydrogen-bond donors (Lipinski definition) is 1. The van der Waals surface area contributed by atoms with Crippen molar-refractivity contribution in [1.82, 2.24) is 4.90 Å². The highest BCUT2D eigenvalue weighted by molar-refractivity contribution is 8.00. The SMILES string of the molecule is CN(CC(O)C1CC1)C(=O)CSc1ccc(C#N)cc1. The lowest BCUT2D eigenvalue weighted by Crippen LogP contribution is -2.36. The van der Waals surface area contributed by atoms with Crippen LogP contribution < -0.4 is 0 Å². The summed E-state index contributed by atoms with van der Waals surface area (Å²) in [6.45, 7) is 0.414. The third-order valence-electron chi connectivity index (χ3n) is 3.40. The van der Waals surface area contributed by atoms with Gasteiger partial charge < -0.3 is 10.0 Å². The lowest BCUT2D eigenvalue weighted by molar-refractivity contribution is -0.128. The fourth-order valence-corrected chi connectivity index (χ4v) is 2.73. The van der Waals surface area contributed by atoms with E-state index in [-0.39, 0.29) is 12.0 Å². The summed E-state index contributed by atoms with van der Waals surface area (Å²) >= 11 is 1.44. The van der Waals surface area contributed by atoms with Gasteiger partial charge in [-0.25, -0.2) is 0 Å². The van der Waals surface area contributed by atoms with Crippen molar-refractivity contribution >= 4 is 17.7 Å². The van der Waals surface area contributed by atoms with Crippen molar-refractivity contribution in [3.63, 3.8) is 0 Å². The second kappa shape index (κ2) is 6.78. The van der Waals surface area contributed by atoms with Crippen molar-refractivity contribution in [3.05, 3.63) is 29.8 Å². The Balaban J connectivity index is 1.77. The number of carbonyl (C=O) groups is 1. The largest absolute Gasteiger partial charge is 0.391 e. The number of amides is 1. The van der Waals surface area contributed by atoms with Gasteiger partial charge in [0, 0.05) is 18.5 Å². The van der Waals surface area contributed by atoms with Gasteiger partial charge in [-0.1, -0.05) is 0 Å². The molecule has 4 nitrogen and oxygen atoms in total. The van der Waals surface area contributed by atoms with E-state index in [1.54, 1.807) is 24.1 Å². The molecule has 1 aliphatic carbocycles. The van der Waals surface area contributed by atoms with Crippen LogP contribution in [0.5, 0.6) is 0 Å². The molecule has 0 aromatic heterocycles. The molecule has 1 fully saturated rings. The Morgan fingerprint density at radius 3 is 2.70 bits per heavy atom. The maximum atomic E-state index is 12.0. The third-order valence-corrected chi connectivity index (χ3v) is 4.40. The molecule has 1 aliphatic rings. The van der Waals surface area contributed by atoms with E-state index in [0.29, 0.717) is 23.8 Å². The number of hydrogen-bond acceptors (Lipinski definition) is 4. The minimum atomic E-state index is -0.385. The summed E-state index contributed by atoms with van der Waals surface area (Å²) in [7, 11) is 1.73. The van der Waals surface area contributed by atoms with E-state index in [9.17, 15) is 9.90 Å². The minimum absolute atomic E-state index is 0.0130. The first-order valence-corrected chi connectivity index (χ1v) is 7.63. The second-order valence-corrected chi connectivity index (χ2v) is 6.15. The predicted octanol–water partition coefficient (Wildman–Crippen LogP) is 1.88. The number of nitrogens with zero attached hydrogens (tertiary/aromatic N) is 2. The molecule has 0 radical (unpaired) electrons. The Labute approximate surface area is 123 Å². The molecule has 5 heteroatoms. The Kier molecular flexibility index (Phi) is 5.05.